The van der Waals surface area contributed by atoms with E-state index >= 15 is 0 Å². The molecule has 0 radical (unpaired) electrons. The van der Waals surface area contributed by atoms with Crippen molar-refractivity contribution in [2.24, 2.45) is 5.92 Å². The van der Waals surface area contributed by atoms with E-state index in [4.69, 9.17) is 0 Å². The Hall–Kier alpha value is -2.17. The van der Waals surface area contributed by atoms with E-state index < -0.39 is 5.60 Å². The van der Waals surface area contributed by atoms with Gasteiger partial charge in [0.05, 0.1) is 0 Å². The summed E-state index contributed by atoms with van der Waals surface area (Å²) in [6, 6.07) is 18.2. The molecule has 4 rings (SSSR count). The van der Waals surface area contributed by atoms with E-state index in [9.17, 15) is 9.90 Å². The van der Waals surface area contributed by atoms with E-state index in [1.54, 1.807) is 0 Å². The summed E-state index contributed by atoms with van der Waals surface area (Å²) in [5.74, 6) is -0.0893. The van der Waals surface area contributed by atoms with Crippen molar-refractivity contribution >= 4 is 5.91 Å². The highest BCUT2D eigenvalue weighted by atomic mass is 16.3. The molecular formula is C25H32N2O2. The predicted molar refractivity (Wildman–Crippen MR) is 115 cm³/mol. The summed E-state index contributed by atoms with van der Waals surface area (Å²) in [6.07, 6.45) is 4.03. The molecule has 1 heterocycles. The fourth-order valence-electron chi connectivity index (χ4n) is 4.99. The van der Waals surface area contributed by atoms with Gasteiger partial charge in [-0.05, 0) is 30.9 Å². The molecule has 4 heteroatoms. The van der Waals surface area contributed by atoms with Crippen LogP contribution in [0.1, 0.15) is 42.4 Å². The molecule has 0 aromatic heterocycles. The highest BCUT2D eigenvalue weighted by molar-refractivity contribution is 5.87. The maximum atomic E-state index is 13.6. The fraction of sp³-hybridized carbons (Fsp3) is 0.480. The van der Waals surface area contributed by atoms with Crippen LogP contribution in [-0.4, -0.2) is 47.0 Å². The third-order valence-electron chi connectivity index (χ3n) is 6.63. The summed E-state index contributed by atoms with van der Waals surface area (Å²) in [5, 5.41) is 11.7. The zero-order valence-electron chi connectivity index (χ0n) is 17.4. The van der Waals surface area contributed by atoms with Gasteiger partial charge in [0.25, 0.3) is 5.91 Å². The van der Waals surface area contributed by atoms with E-state index in [1.165, 1.54) is 11.1 Å². The number of rotatable bonds is 5. The molecule has 1 saturated carbocycles. The lowest BCUT2D eigenvalue weighted by atomic mass is 9.79. The Balaban J connectivity index is 1.45. The van der Waals surface area contributed by atoms with Crippen molar-refractivity contribution in [3.05, 3.63) is 71.3 Å². The summed E-state index contributed by atoms with van der Waals surface area (Å²) < 4.78 is 0. The molecule has 1 amide bonds. The molecule has 0 spiro atoms. The van der Waals surface area contributed by atoms with E-state index in [-0.39, 0.29) is 11.8 Å². The van der Waals surface area contributed by atoms with Gasteiger partial charge in [-0.15, -0.1) is 0 Å². The quantitative estimate of drug-likeness (QED) is 0.843. The Labute approximate surface area is 174 Å². The van der Waals surface area contributed by atoms with E-state index in [0.29, 0.717) is 13.1 Å². The smallest absolute Gasteiger partial charge is 0.259 e. The predicted octanol–water partition coefficient (Wildman–Crippen LogP) is 3.72. The molecule has 1 N–H and O–H groups in total. The third kappa shape index (κ3) is 4.24. The van der Waals surface area contributed by atoms with Crippen LogP contribution >= 0.6 is 0 Å². The molecule has 2 aromatic rings. The molecule has 0 unspecified atom stereocenters. The number of carbonyl (C=O) groups excluding carboxylic acids is 1. The number of piperazine rings is 1. The second-order valence-electron chi connectivity index (χ2n) is 8.67. The molecule has 2 fully saturated rings. The molecule has 1 aliphatic heterocycles. The highest BCUT2D eigenvalue weighted by Gasteiger charge is 2.48. The normalized spacial score (nSPS) is 20.6. The first-order valence-corrected chi connectivity index (χ1v) is 10.9. The number of hydrogen-bond donors (Lipinski definition) is 1. The van der Waals surface area contributed by atoms with Crippen molar-refractivity contribution < 1.29 is 9.90 Å². The molecule has 0 bridgehead atoms. The number of nitrogens with zero attached hydrogens (tertiary/aromatic N) is 2. The van der Waals surface area contributed by atoms with Gasteiger partial charge in [-0.2, -0.15) is 0 Å². The Morgan fingerprint density at radius 2 is 1.69 bits per heavy atom. The van der Waals surface area contributed by atoms with Crippen LogP contribution in [0.25, 0.3) is 0 Å². The van der Waals surface area contributed by atoms with Crippen LogP contribution in [0.2, 0.25) is 0 Å². The zero-order chi connectivity index (χ0) is 20.3. The Morgan fingerprint density at radius 1 is 1.00 bits per heavy atom. The van der Waals surface area contributed by atoms with Crippen molar-refractivity contribution in [2.45, 2.75) is 44.8 Å². The van der Waals surface area contributed by atoms with Crippen LogP contribution in [0.3, 0.4) is 0 Å². The molecular weight excluding hydrogens is 360 g/mol. The van der Waals surface area contributed by atoms with Gasteiger partial charge in [-0.1, -0.05) is 73.0 Å². The molecule has 154 valence electrons. The first kappa shape index (κ1) is 20.1. The van der Waals surface area contributed by atoms with Crippen molar-refractivity contribution in [3.8, 4) is 0 Å². The van der Waals surface area contributed by atoms with E-state index in [2.05, 4.69) is 36.1 Å². The number of carbonyl (C=O) groups is 1. The molecule has 1 saturated heterocycles. The van der Waals surface area contributed by atoms with Crippen LogP contribution in [0, 0.1) is 12.8 Å². The lowest BCUT2D eigenvalue weighted by molar-refractivity contribution is -0.161. The fourth-order valence-corrected chi connectivity index (χ4v) is 4.99. The Kier molecular flexibility index (Phi) is 6.02. The highest BCUT2D eigenvalue weighted by Crippen LogP contribution is 2.42. The minimum Gasteiger partial charge on any atom is -0.375 e. The van der Waals surface area contributed by atoms with Crippen LogP contribution in [0.5, 0.6) is 0 Å². The van der Waals surface area contributed by atoms with Gasteiger partial charge in [-0.25, -0.2) is 0 Å². The lowest BCUT2D eigenvalue weighted by Crippen LogP contribution is -2.56. The summed E-state index contributed by atoms with van der Waals surface area (Å²) in [7, 11) is 0. The second-order valence-corrected chi connectivity index (χ2v) is 8.67. The van der Waals surface area contributed by atoms with Crippen LogP contribution in [0.4, 0.5) is 0 Å². The zero-order valence-corrected chi connectivity index (χ0v) is 17.4. The Morgan fingerprint density at radius 3 is 2.34 bits per heavy atom. The summed E-state index contributed by atoms with van der Waals surface area (Å²) >= 11 is 0. The minimum absolute atomic E-state index is 0.0164. The number of aliphatic hydroxyl groups is 1. The van der Waals surface area contributed by atoms with Crippen LogP contribution in [-0.2, 0) is 16.9 Å². The van der Waals surface area contributed by atoms with Crippen molar-refractivity contribution in [2.75, 3.05) is 26.2 Å². The van der Waals surface area contributed by atoms with Crippen molar-refractivity contribution in [3.63, 3.8) is 0 Å². The SMILES string of the molecule is Cc1cccc(CN2CCN(C(=O)[C@](O)(c3ccccc3)C3CCCC3)CC2)c1. The van der Waals surface area contributed by atoms with Crippen LogP contribution in [0.15, 0.2) is 54.6 Å². The van der Waals surface area contributed by atoms with Gasteiger partial charge < -0.3 is 10.0 Å². The van der Waals surface area contributed by atoms with Crippen LogP contribution < -0.4 is 0 Å². The molecule has 2 aromatic carbocycles. The molecule has 4 nitrogen and oxygen atoms in total. The second kappa shape index (κ2) is 8.68. The van der Waals surface area contributed by atoms with Gasteiger partial charge >= 0.3 is 0 Å². The maximum Gasteiger partial charge on any atom is 0.259 e. The van der Waals surface area contributed by atoms with Gasteiger partial charge in [0.15, 0.2) is 5.60 Å². The maximum absolute atomic E-state index is 13.6. The average Bonchev–Trinajstić information content (AvgIpc) is 3.29. The number of amides is 1. The van der Waals surface area contributed by atoms with Gasteiger partial charge in [-0.3, -0.25) is 9.69 Å². The summed E-state index contributed by atoms with van der Waals surface area (Å²) in [6.45, 7) is 6.06. The average molecular weight is 393 g/mol. The summed E-state index contributed by atoms with van der Waals surface area (Å²) in [5.41, 5.74) is 1.95. The van der Waals surface area contributed by atoms with Gasteiger partial charge in [0.2, 0.25) is 0 Å². The largest absolute Gasteiger partial charge is 0.375 e. The number of benzene rings is 2. The first-order valence-electron chi connectivity index (χ1n) is 10.9. The van der Waals surface area contributed by atoms with E-state index in [1.807, 2.05) is 35.2 Å². The molecule has 29 heavy (non-hydrogen) atoms. The van der Waals surface area contributed by atoms with Gasteiger partial charge in [0.1, 0.15) is 0 Å². The third-order valence-corrected chi connectivity index (χ3v) is 6.63. The molecule has 2 aliphatic rings. The van der Waals surface area contributed by atoms with E-state index in [0.717, 1.165) is 50.9 Å². The standard InChI is InChI=1S/C25H32N2O2/c1-20-8-7-9-21(18-20)19-26-14-16-27(17-15-26)24(28)25(29,23-12-5-6-13-23)22-10-3-2-4-11-22/h2-4,7-11,18,23,29H,5-6,12-17,19H2,1H3/t25-/m0/s1. The van der Waals surface area contributed by atoms with Gasteiger partial charge in [0, 0.05) is 38.6 Å². The number of hydrogen-bond acceptors (Lipinski definition) is 3. The lowest BCUT2D eigenvalue weighted by Gasteiger charge is -2.41. The Bertz CT molecular complexity index is 824. The first-order chi connectivity index (χ1) is 14.1. The van der Waals surface area contributed by atoms with Crippen molar-refractivity contribution in [1.29, 1.82) is 0 Å². The monoisotopic (exact) mass is 392 g/mol. The van der Waals surface area contributed by atoms with Crippen molar-refractivity contribution in [1.82, 2.24) is 9.80 Å². The summed E-state index contributed by atoms with van der Waals surface area (Å²) in [4.78, 5) is 17.9. The topological polar surface area (TPSA) is 43.8 Å². The minimum atomic E-state index is -1.39. The molecule has 1 aliphatic carbocycles. The molecule has 1 atom stereocenters. The number of aryl methyl sites for hydroxylation is 1.